The number of rotatable bonds is 2. The smallest absolute Gasteiger partial charge is 0.322 e. The summed E-state index contributed by atoms with van der Waals surface area (Å²) in [6.45, 7) is 4.13. The van der Waals surface area contributed by atoms with Crippen LogP contribution in [-0.2, 0) is 4.79 Å². The van der Waals surface area contributed by atoms with Gasteiger partial charge < -0.3 is 14.6 Å². The molecule has 3 rings (SSSR count). The number of hydrogen-bond acceptors (Lipinski definition) is 5. The summed E-state index contributed by atoms with van der Waals surface area (Å²) in [7, 11) is 0. The van der Waals surface area contributed by atoms with E-state index in [4.69, 9.17) is 9.47 Å². The van der Waals surface area contributed by atoms with Gasteiger partial charge in [0.25, 0.3) is 0 Å². The van der Waals surface area contributed by atoms with Crippen molar-refractivity contribution < 1.29 is 19.4 Å². The van der Waals surface area contributed by atoms with Crippen LogP contribution in [0.4, 0.5) is 0 Å². The Morgan fingerprint density at radius 2 is 2.16 bits per heavy atom. The molecule has 2 aliphatic rings. The Balaban J connectivity index is 1.86. The summed E-state index contributed by atoms with van der Waals surface area (Å²) in [5, 5.41) is 12.4. The first-order chi connectivity index (χ1) is 8.97. The van der Waals surface area contributed by atoms with Crippen LogP contribution in [0.3, 0.4) is 0 Å². The quantitative estimate of drug-likeness (QED) is 0.864. The second-order valence-corrected chi connectivity index (χ2v) is 6.91. The second-order valence-electron chi connectivity index (χ2n) is 5.15. The van der Waals surface area contributed by atoms with E-state index in [1.807, 2.05) is 32.0 Å². The highest BCUT2D eigenvalue weighted by Gasteiger charge is 2.45. The molecule has 1 aromatic carbocycles. The Morgan fingerprint density at radius 3 is 2.84 bits per heavy atom. The first-order valence-corrected chi connectivity index (χ1v) is 6.91. The average Bonchev–Trinajstić information content (AvgIpc) is 2.91. The first kappa shape index (κ1) is 12.6. The molecule has 1 saturated heterocycles. The van der Waals surface area contributed by atoms with Crippen molar-refractivity contribution in [1.29, 1.82) is 0 Å². The number of aliphatic carboxylic acids is 1. The van der Waals surface area contributed by atoms with Gasteiger partial charge in [-0.3, -0.25) is 10.1 Å². The lowest BCUT2D eigenvalue weighted by Crippen LogP contribution is -2.43. The zero-order valence-electron chi connectivity index (χ0n) is 10.7. The van der Waals surface area contributed by atoms with Crippen molar-refractivity contribution in [3.8, 4) is 11.5 Å². The fourth-order valence-electron chi connectivity index (χ4n) is 2.37. The maximum Gasteiger partial charge on any atom is 0.322 e. The van der Waals surface area contributed by atoms with Crippen LogP contribution in [0.25, 0.3) is 0 Å². The Hall–Kier alpha value is -1.40. The van der Waals surface area contributed by atoms with Gasteiger partial charge in [-0.1, -0.05) is 6.07 Å². The highest BCUT2D eigenvalue weighted by Crippen LogP contribution is 2.47. The van der Waals surface area contributed by atoms with E-state index in [2.05, 4.69) is 5.32 Å². The van der Waals surface area contributed by atoms with Crippen molar-refractivity contribution in [2.75, 3.05) is 6.79 Å². The van der Waals surface area contributed by atoms with E-state index in [9.17, 15) is 9.90 Å². The minimum absolute atomic E-state index is 0.0504. The molecule has 6 heteroatoms. The summed E-state index contributed by atoms with van der Waals surface area (Å²) in [6.07, 6.45) is 0. The fraction of sp³-hybridized carbons (Fsp3) is 0.462. The molecule has 5 nitrogen and oxygen atoms in total. The summed E-state index contributed by atoms with van der Waals surface area (Å²) >= 11 is 1.61. The zero-order valence-corrected chi connectivity index (χ0v) is 11.5. The van der Waals surface area contributed by atoms with Gasteiger partial charge in [0.15, 0.2) is 11.5 Å². The van der Waals surface area contributed by atoms with Crippen LogP contribution >= 0.6 is 11.8 Å². The van der Waals surface area contributed by atoms with Crippen LogP contribution in [0.1, 0.15) is 24.8 Å². The van der Waals surface area contributed by atoms with Crippen molar-refractivity contribution >= 4 is 17.7 Å². The van der Waals surface area contributed by atoms with Crippen LogP contribution in [0.2, 0.25) is 0 Å². The Labute approximate surface area is 115 Å². The van der Waals surface area contributed by atoms with Crippen LogP contribution < -0.4 is 14.8 Å². The molecule has 0 amide bonds. The Bertz CT molecular complexity index is 531. The van der Waals surface area contributed by atoms with E-state index in [0.29, 0.717) is 0 Å². The summed E-state index contributed by atoms with van der Waals surface area (Å²) < 4.78 is 10.3. The lowest BCUT2D eigenvalue weighted by molar-refractivity contribution is -0.139. The number of nitrogens with one attached hydrogen (secondary N) is 1. The highest BCUT2D eigenvalue weighted by molar-refractivity contribution is 8.01. The van der Waals surface area contributed by atoms with Gasteiger partial charge in [-0.2, -0.15) is 0 Å². The number of hydrogen-bond donors (Lipinski definition) is 2. The third-order valence-corrected chi connectivity index (χ3v) is 4.87. The summed E-state index contributed by atoms with van der Waals surface area (Å²) in [6, 6.07) is 5.15. The number of ether oxygens (including phenoxy) is 2. The number of fused-ring (bicyclic) bond motifs is 1. The zero-order chi connectivity index (χ0) is 13.6. The van der Waals surface area contributed by atoms with E-state index in [1.54, 1.807) is 11.8 Å². The van der Waals surface area contributed by atoms with E-state index < -0.39 is 12.0 Å². The molecule has 0 unspecified atom stereocenters. The molecule has 2 heterocycles. The van der Waals surface area contributed by atoms with Gasteiger partial charge in [0.05, 0.1) is 5.37 Å². The van der Waals surface area contributed by atoms with Crippen LogP contribution in [-0.4, -0.2) is 28.7 Å². The lowest BCUT2D eigenvalue weighted by atomic mass is 10.0. The molecule has 102 valence electrons. The average molecular weight is 281 g/mol. The number of thioether (sulfide) groups is 1. The molecule has 2 atom stereocenters. The third-order valence-electron chi connectivity index (χ3n) is 3.38. The van der Waals surface area contributed by atoms with Crippen molar-refractivity contribution in [1.82, 2.24) is 5.32 Å². The summed E-state index contributed by atoms with van der Waals surface area (Å²) in [5.74, 6) is 0.637. The normalized spacial score (nSPS) is 27.5. The molecule has 0 radical (unpaired) electrons. The van der Waals surface area contributed by atoms with Gasteiger partial charge in [-0.15, -0.1) is 11.8 Å². The molecule has 0 aliphatic carbocycles. The van der Waals surface area contributed by atoms with Gasteiger partial charge in [-0.25, -0.2) is 0 Å². The maximum atomic E-state index is 11.3. The summed E-state index contributed by atoms with van der Waals surface area (Å²) in [5.41, 5.74) is 1.01. The van der Waals surface area contributed by atoms with Crippen molar-refractivity contribution in [2.45, 2.75) is 30.0 Å². The Morgan fingerprint density at radius 1 is 1.42 bits per heavy atom. The summed E-state index contributed by atoms with van der Waals surface area (Å²) in [4.78, 5) is 11.3. The second kappa shape index (κ2) is 4.31. The molecular weight excluding hydrogens is 266 g/mol. The Kier molecular flexibility index (Phi) is 2.87. The lowest BCUT2D eigenvalue weighted by Gasteiger charge is -2.20. The first-order valence-electron chi connectivity index (χ1n) is 6.03. The SMILES string of the molecule is CC1(C)S[C@H](c2ccc3c(c2)OCO3)N[C@H]1C(=O)O. The van der Waals surface area contributed by atoms with E-state index in [1.165, 1.54) is 0 Å². The molecule has 0 aromatic heterocycles. The topological polar surface area (TPSA) is 67.8 Å². The molecule has 19 heavy (non-hydrogen) atoms. The van der Waals surface area contributed by atoms with Gasteiger partial charge in [0.1, 0.15) is 6.04 Å². The molecule has 1 fully saturated rings. The monoisotopic (exact) mass is 281 g/mol. The van der Waals surface area contributed by atoms with E-state index >= 15 is 0 Å². The third kappa shape index (κ3) is 2.15. The standard InChI is InChI=1S/C13H15NO4S/c1-13(2)10(12(15)16)14-11(19-13)7-3-4-8-9(5-7)18-6-17-8/h3-5,10-11,14H,6H2,1-2H3,(H,15,16)/t10-,11+/m0/s1. The van der Waals surface area contributed by atoms with Crippen LogP contribution in [0.5, 0.6) is 11.5 Å². The van der Waals surface area contributed by atoms with E-state index in [-0.39, 0.29) is 16.9 Å². The molecule has 0 spiro atoms. The number of carbonyl (C=O) groups is 1. The van der Waals surface area contributed by atoms with Gasteiger partial charge in [0.2, 0.25) is 6.79 Å². The number of benzene rings is 1. The molecule has 2 N–H and O–H groups in total. The number of carboxylic acids is 1. The predicted octanol–water partition coefficient (Wildman–Crippen LogP) is 1.98. The maximum absolute atomic E-state index is 11.3. The van der Waals surface area contributed by atoms with Crippen molar-refractivity contribution in [2.24, 2.45) is 0 Å². The fourth-order valence-corrected chi connectivity index (χ4v) is 3.77. The molecular formula is C13H15NO4S. The molecule has 0 saturated carbocycles. The highest BCUT2D eigenvalue weighted by atomic mass is 32.2. The van der Waals surface area contributed by atoms with Crippen molar-refractivity contribution in [3.63, 3.8) is 0 Å². The number of carboxylic acid groups (broad SMARTS) is 1. The van der Waals surface area contributed by atoms with Gasteiger partial charge in [-0.05, 0) is 31.5 Å². The van der Waals surface area contributed by atoms with Crippen LogP contribution in [0, 0.1) is 0 Å². The van der Waals surface area contributed by atoms with E-state index in [0.717, 1.165) is 17.1 Å². The molecule has 2 aliphatic heterocycles. The predicted molar refractivity (Wildman–Crippen MR) is 71.5 cm³/mol. The van der Waals surface area contributed by atoms with Gasteiger partial charge >= 0.3 is 5.97 Å². The van der Waals surface area contributed by atoms with Crippen LogP contribution in [0.15, 0.2) is 18.2 Å². The minimum Gasteiger partial charge on any atom is -0.480 e. The molecule has 1 aromatic rings. The van der Waals surface area contributed by atoms with Gasteiger partial charge in [0, 0.05) is 4.75 Å². The largest absolute Gasteiger partial charge is 0.480 e. The molecule has 0 bridgehead atoms. The van der Waals surface area contributed by atoms with Crippen molar-refractivity contribution in [3.05, 3.63) is 23.8 Å². The minimum atomic E-state index is -0.819.